The third kappa shape index (κ3) is 8.35. The molecule has 0 atom stereocenters. The van der Waals surface area contributed by atoms with E-state index in [4.69, 9.17) is 19.3 Å². The maximum absolute atomic E-state index is 14.0. The lowest BCUT2D eigenvalue weighted by Gasteiger charge is -2.36. The summed E-state index contributed by atoms with van der Waals surface area (Å²) in [7, 11) is 1.72. The average Bonchev–Trinajstić information content (AvgIpc) is 3.74. The number of hydrogen-bond donors (Lipinski definition) is 0. The molecule has 8 rings (SSSR count). The molecule has 0 spiro atoms. The van der Waals surface area contributed by atoms with Gasteiger partial charge in [-0.25, -0.2) is 4.79 Å². The minimum Gasteiger partial charge on any atom is -0.493 e. The minimum absolute atomic E-state index is 0.268. The quantitative estimate of drug-likeness (QED) is 0.0851. The van der Waals surface area contributed by atoms with Crippen molar-refractivity contribution in [3.05, 3.63) is 108 Å². The van der Waals surface area contributed by atoms with Gasteiger partial charge in [-0.2, -0.15) is 22.1 Å². The van der Waals surface area contributed by atoms with Crippen LogP contribution in [0.5, 0.6) is 11.5 Å². The molecule has 0 unspecified atom stereocenters. The molecule has 316 valence electrons. The Kier molecular flexibility index (Phi) is 12.5. The lowest BCUT2D eigenvalue weighted by Crippen LogP contribution is -2.51. The highest BCUT2D eigenvalue weighted by atomic mass is 32.2. The van der Waals surface area contributed by atoms with E-state index in [1.54, 1.807) is 14.1 Å². The zero-order valence-corrected chi connectivity index (χ0v) is 36.0. The second kappa shape index (κ2) is 18.1. The summed E-state index contributed by atoms with van der Waals surface area (Å²) >= 11 is 0. The van der Waals surface area contributed by atoms with E-state index in [0.29, 0.717) is 58.1 Å². The largest absolute Gasteiger partial charge is 0.493 e. The number of fused-ring (bicyclic) bond motifs is 3. The molecule has 1 saturated heterocycles. The summed E-state index contributed by atoms with van der Waals surface area (Å²) in [5, 5.41) is 8.36. The molecule has 0 amide bonds. The number of ether oxygens (including phenoxy) is 3. The van der Waals surface area contributed by atoms with Crippen LogP contribution in [0.3, 0.4) is 0 Å². The smallest absolute Gasteiger partial charge is 0.355 e. The first-order valence-electron chi connectivity index (χ1n) is 21.3. The molecule has 0 saturated carbocycles. The number of anilines is 1. The first-order chi connectivity index (χ1) is 29.2. The number of carbonyl (C=O) groups excluding carboxylic acids is 1. The fourth-order valence-electron chi connectivity index (χ4n) is 8.89. The average molecular weight is 833 g/mol. The van der Waals surface area contributed by atoms with E-state index in [-0.39, 0.29) is 12.6 Å². The van der Waals surface area contributed by atoms with Crippen molar-refractivity contribution in [1.82, 2.24) is 23.0 Å². The molecule has 60 heavy (non-hydrogen) atoms. The lowest BCUT2D eigenvalue weighted by atomic mass is 9.96. The number of para-hydroxylation sites is 1. The summed E-state index contributed by atoms with van der Waals surface area (Å²) in [5.41, 5.74) is 7.79. The van der Waals surface area contributed by atoms with Crippen LogP contribution in [0, 0.1) is 0 Å². The minimum atomic E-state index is -3.43. The van der Waals surface area contributed by atoms with E-state index in [9.17, 15) is 13.2 Å². The zero-order chi connectivity index (χ0) is 41.8. The Morgan fingerprint density at radius 3 is 2.33 bits per heavy atom. The number of aromatic nitrogens is 3. The Morgan fingerprint density at radius 2 is 1.55 bits per heavy atom. The van der Waals surface area contributed by atoms with Crippen molar-refractivity contribution < 1.29 is 27.4 Å². The summed E-state index contributed by atoms with van der Waals surface area (Å²) in [4.78, 5) is 16.2. The van der Waals surface area contributed by atoms with Gasteiger partial charge in [0.2, 0.25) is 0 Å². The molecule has 0 aliphatic carbocycles. The fourth-order valence-corrected chi connectivity index (χ4v) is 9.98. The van der Waals surface area contributed by atoms with Crippen LogP contribution in [-0.4, -0.2) is 90.8 Å². The number of carbonyl (C=O) groups is 1. The highest BCUT2D eigenvalue weighted by Crippen LogP contribution is 2.40. The SMILES string of the molecule is CCOC(=O)c1c(CCCOc2cccc3ccccc23)c2cccc3c2n1CCCCCCc1c-3c(COc2ccc(N3CCN(S(=O)(=O)N(C)C)CC3)cc2)nn1C. The van der Waals surface area contributed by atoms with Gasteiger partial charge in [-0.1, -0.05) is 67.4 Å². The molecule has 13 heteroatoms. The number of benzene rings is 4. The molecule has 6 aromatic rings. The van der Waals surface area contributed by atoms with Crippen molar-refractivity contribution in [1.29, 1.82) is 0 Å². The van der Waals surface area contributed by atoms with Gasteiger partial charge in [0.25, 0.3) is 10.2 Å². The van der Waals surface area contributed by atoms with Crippen molar-refractivity contribution in [2.24, 2.45) is 7.05 Å². The molecule has 1 fully saturated rings. The van der Waals surface area contributed by atoms with E-state index >= 15 is 0 Å². The number of piperazine rings is 1. The Morgan fingerprint density at radius 1 is 0.817 bits per heavy atom. The van der Waals surface area contributed by atoms with Gasteiger partial charge >= 0.3 is 5.97 Å². The van der Waals surface area contributed by atoms with Crippen molar-refractivity contribution in [2.45, 2.75) is 65.0 Å². The molecule has 2 aliphatic rings. The normalized spacial score (nSPS) is 15.2. The first-order valence-corrected chi connectivity index (χ1v) is 22.7. The van der Waals surface area contributed by atoms with Crippen LogP contribution in [0.2, 0.25) is 0 Å². The summed E-state index contributed by atoms with van der Waals surface area (Å²) < 4.78 is 50.9. The Bertz CT molecular complexity index is 2570. The highest BCUT2D eigenvalue weighted by Gasteiger charge is 2.30. The second-order valence-electron chi connectivity index (χ2n) is 15.8. The standard InChI is InChI=1S/C47H56N6O6S/c1-5-57-47(54)46-39(20-14-32-58-43-22-12-16-34-15-9-10-17-37(34)43)38-18-13-19-40-44-41(48-50(4)42(44)21-8-6-7-11-27-53(46)45(38)40)33-59-36-25-23-35(24-26-36)51-28-30-52(31-29-51)60(55,56)49(2)3/h9-10,12-13,15-19,22-26H,5-8,11,14,20-21,27-33H2,1-4H3. The van der Waals surface area contributed by atoms with Crippen molar-refractivity contribution in [3.8, 4) is 22.6 Å². The van der Waals surface area contributed by atoms with Gasteiger partial charge in [-0.15, -0.1) is 0 Å². The Balaban J connectivity index is 1.08. The van der Waals surface area contributed by atoms with E-state index < -0.39 is 10.2 Å². The first kappa shape index (κ1) is 41.4. The number of esters is 1. The van der Waals surface area contributed by atoms with Gasteiger partial charge in [0.1, 0.15) is 29.5 Å². The van der Waals surface area contributed by atoms with Crippen LogP contribution in [-0.2, 0) is 48.0 Å². The third-order valence-electron chi connectivity index (χ3n) is 11.9. The van der Waals surface area contributed by atoms with Crippen molar-refractivity contribution in [3.63, 3.8) is 0 Å². The van der Waals surface area contributed by atoms with Gasteiger partial charge in [0.15, 0.2) is 0 Å². The molecule has 12 nitrogen and oxygen atoms in total. The topological polar surface area (TPSA) is 111 Å². The van der Waals surface area contributed by atoms with Gasteiger partial charge < -0.3 is 23.7 Å². The number of rotatable bonds is 13. The maximum atomic E-state index is 14.0. The van der Waals surface area contributed by atoms with Crippen LogP contribution in [0.15, 0.2) is 84.9 Å². The van der Waals surface area contributed by atoms with Gasteiger partial charge in [-0.3, -0.25) is 4.68 Å². The van der Waals surface area contributed by atoms with Gasteiger partial charge in [0.05, 0.1) is 18.7 Å². The number of nitrogens with zero attached hydrogens (tertiary/aromatic N) is 6. The molecular weight excluding hydrogens is 777 g/mol. The van der Waals surface area contributed by atoms with E-state index in [1.165, 1.54) is 8.61 Å². The summed E-state index contributed by atoms with van der Waals surface area (Å²) in [6, 6.07) is 28.8. The lowest BCUT2D eigenvalue weighted by molar-refractivity contribution is 0.0512. The van der Waals surface area contributed by atoms with Crippen LogP contribution in [0.25, 0.3) is 32.8 Å². The molecule has 4 aromatic carbocycles. The predicted octanol–water partition coefficient (Wildman–Crippen LogP) is 8.01. The van der Waals surface area contributed by atoms with E-state index in [2.05, 4.69) is 45.9 Å². The molecule has 0 N–H and O–H groups in total. The van der Waals surface area contributed by atoms with Crippen LogP contribution < -0.4 is 14.4 Å². The van der Waals surface area contributed by atoms with Crippen LogP contribution in [0.1, 0.15) is 66.5 Å². The van der Waals surface area contributed by atoms with E-state index in [0.717, 1.165) is 105 Å². The zero-order valence-electron chi connectivity index (χ0n) is 35.2. The molecule has 0 radical (unpaired) electrons. The monoisotopic (exact) mass is 832 g/mol. The second-order valence-corrected chi connectivity index (χ2v) is 18.0. The third-order valence-corrected chi connectivity index (χ3v) is 13.8. The molecule has 2 aliphatic heterocycles. The van der Waals surface area contributed by atoms with E-state index in [1.807, 2.05) is 67.2 Å². The summed E-state index contributed by atoms with van der Waals surface area (Å²) in [6.07, 6.45) is 6.41. The molecule has 0 bridgehead atoms. The molecule has 2 aromatic heterocycles. The Hall–Kier alpha value is -5.37. The Labute approximate surface area is 353 Å². The summed E-state index contributed by atoms with van der Waals surface area (Å²) in [6.45, 7) is 5.73. The maximum Gasteiger partial charge on any atom is 0.355 e. The highest BCUT2D eigenvalue weighted by molar-refractivity contribution is 7.86. The van der Waals surface area contributed by atoms with Crippen LogP contribution >= 0.6 is 0 Å². The number of hydrogen-bond acceptors (Lipinski definition) is 8. The van der Waals surface area contributed by atoms with Gasteiger partial charge in [-0.05, 0) is 80.3 Å². The molecule has 4 heterocycles. The fraction of sp³-hybridized carbons (Fsp3) is 0.404. The number of aryl methyl sites for hydroxylation is 3. The molecular formula is C47H56N6O6S. The van der Waals surface area contributed by atoms with Crippen molar-refractivity contribution in [2.75, 3.05) is 58.4 Å². The predicted molar refractivity (Wildman–Crippen MR) is 237 cm³/mol. The van der Waals surface area contributed by atoms with Gasteiger partial charge in [0, 0.05) is 87.1 Å². The van der Waals surface area contributed by atoms with Crippen molar-refractivity contribution >= 4 is 43.5 Å². The van der Waals surface area contributed by atoms with Crippen LogP contribution in [0.4, 0.5) is 5.69 Å². The summed E-state index contributed by atoms with van der Waals surface area (Å²) in [5.74, 6) is 1.29.